The van der Waals surface area contributed by atoms with E-state index in [1.807, 2.05) is 0 Å². The van der Waals surface area contributed by atoms with Gasteiger partial charge in [-0.05, 0) is 48.5 Å². The van der Waals surface area contributed by atoms with Crippen molar-refractivity contribution in [2.45, 2.75) is 102 Å². The molecule has 6 atom stereocenters. The van der Waals surface area contributed by atoms with E-state index in [0.29, 0.717) is 0 Å². The van der Waals surface area contributed by atoms with E-state index >= 15 is 0 Å². The highest BCUT2D eigenvalue weighted by Crippen LogP contribution is 2.44. The molecule has 1 amide bonds. The Hall–Kier alpha value is -1.46. The number of hydrogen-bond donors (Lipinski definition) is 2. The van der Waals surface area contributed by atoms with Gasteiger partial charge in [-0.1, -0.05) is 0 Å². The highest BCUT2D eigenvalue weighted by Gasteiger charge is 2.62. The Morgan fingerprint density at radius 1 is 0.964 bits per heavy atom. The van der Waals surface area contributed by atoms with Crippen LogP contribution in [0.25, 0.3) is 0 Å². The van der Waals surface area contributed by atoms with Crippen LogP contribution in [0.5, 0.6) is 0 Å². The van der Waals surface area contributed by atoms with Gasteiger partial charge < -0.3 is 38.8 Å². The molecule has 3 heterocycles. The summed E-state index contributed by atoms with van der Waals surface area (Å²) in [6.07, 6.45) is -4.80. The summed E-state index contributed by atoms with van der Waals surface area (Å²) in [6, 6.07) is -1.44. The van der Waals surface area contributed by atoms with Crippen molar-refractivity contribution in [3.05, 3.63) is 0 Å². The number of carboxylic acids is 1. The minimum atomic E-state index is -1.44. The summed E-state index contributed by atoms with van der Waals surface area (Å²) in [5, 5.41) is 12.1. The van der Waals surface area contributed by atoms with E-state index in [-0.39, 0.29) is 0 Å². The number of ether oxygens (including phenoxy) is 6. The lowest BCUT2D eigenvalue weighted by Crippen LogP contribution is -2.63. The first-order chi connectivity index (χ1) is 12.7. The quantitative estimate of drug-likeness (QED) is 0.719. The molecule has 0 saturated carbocycles. The molecule has 3 fully saturated rings. The van der Waals surface area contributed by atoms with Crippen LogP contribution in [0.2, 0.25) is 0 Å². The SMILES string of the molecule is CC(C)(C)OC(=O)N[C@@H](C(=O)O)C1OC2OC(C)(C)OC2C2OC(C)(C)OC21. The maximum atomic E-state index is 12.2. The largest absolute Gasteiger partial charge is 0.480 e. The first-order valence-corrected chi connectivity index (χ1v) is 9.26. The second kappa shape index (κ2) is 6.81. The number of fused-ring (bicyclic) bond motifs is 3. The third-order valence-corrected chi connectivity index (χ3v) is 4.46. The second-order valence-electron chi connectivity index (χ2n) is 9.10. The molecule has 2 N–H and O–H groups in total. The number of amides is 1. The zero-order chi connectivity index (χ0) is 21.1. The fraction of sp³-hybridized carbons (Fsp3) is 0.889. The fourth-order valence-corrected chi connectivity index (χ4v) is 3.63. The number of carbonyl (C=O) groups excluding carboxylic acids is 1. The minimum Gasteiger partial charge on any atom is -0.480 e. The molecule has 3 rings (SSSR count). The molecule has 0 bridgehead atoms. The van der Waals surface area contributed by atoms with E-state index in [0.717, 1.165) is 0 Å². The summed E-state index contributed by atoms with van der Waals surface area (Å²) in [5.74, 6) is -3.20. The molecule has 0 aliphatic carbocycles. The molecule has 28 heavy (non-hydrogen) atoms. The van der Waals surface area contributed by atoms with E-state index in [4.69, 9.17) is 28.4 Å². The molecule has 0 radical (unpaired) electrons. The van der Waals surface area contributed by atoms with Crippen molar-refractivity contribution in [2.75, 3.05) is 0 Å². The third kappa shape index (κ3) is 4.41. The van der Waals surface area contributed by atoms with Gasteiger partial charge in [0.05, 0.1) is 0 Å². The van der Waals surface area contributed by atoms with Crippen molar-refractivity contribution in [1.82, 2.24) is 5.32 Å². The summed E-state index contributed by atoms with van der Waals surface area (Å²) in [4.78, 5) is 24.1. The molecule has 160 valence electrons. The smallest absolute Gasteiger partial charge is 0.408 e. The molecule has 0 aromatic heterocycles. The molecule has 10 heteroatoms. The van der Waals surface area contributed by atoms with Gasteiger partial charge in [0.1, 0.15) is 30.0 Å². The number of rotatable bonds is 3. The first kappa shape index (κ1) is 21.3. The maximum absolute atomic E-state index is 12.2. The van der Waals surface area contributed by atoms with E-state index in [1.54, 1.807) is 48.5 Å². The fourth-order valence-electron chi connectivity index (χ4n) is 3.63. The molecule has 3 aliphatic heterocycles. The van der Waals surface area contributed by atoms with Crippen LogP contribution >= 0.6 is 0 Å². The Bertz CT molecular complexity index is 641. The van der Waals surface area contributed by atoms with Gasteiger partial charge in [-0.25, -0.2) is 9.59 Å². The van der Waals surface area contributed by atoms with Gasteiger partial charge in [0.25, 0.3) is 0 Å². The van der Waals surface area contributed by atoms with Crippen molar-refractivity contribution in [3.8, 4) is 0 Å². The number of alkyl carbamates (subject to hydrolysis) is 1. The lowest BCUT2D eigenvalue weighted by atomic mass is 9.94. The van der Waals surface area contributed by atoms with Gasteiger partial charge in [0.2, 0.25) is 0 Å². The predicted octanol–water partition coefficient (Wildman–Crippen LogP) is 1.36. The highest BCUT2D eigenvalue weighted by atomic mass is 16.9. The highest BCUT2D eigenvalue weighted by molar-refractivity contribution is 5.80. The van der Waals surface area contributed by atoms with Crippen LogP contribution in [0.1, 0.15) is 48.5 Å². The van der Waals surface area contributed by atoms with Gasteiger partial charge in [0.15, 0.2) is 23.9 Å². The van der Waals surface area contributed by atoms with Crippen LogP contribution in [-0.2, 0) is 33.2 Å². The normalized spacial score (nSPS) is 36.9. The Balaban J connectivity index is 1.85. The van der Waals surface area contributed by atoms with Crippen molar-refractivity contribution in [3.63, 3.8) is 0 Å². The van der Waals surface area contributed by atoms with Crippen LogP contribution in [0.4, 0.5) is 4.79 Å². The van der Waals surface area contributed by atoms with Gasteiger partial charge in [0, 0.05) is 0 Å². The molecule has 0 spiro atoms. The van der Waals surface area contributed by atoms with Gasteiger partial charge in [-0.3, -0.25) is 0 Å². The zero-order valence-corrected chi connectivity index (χ0v) is 17.2. The number of aliphatic carboxylic acids is 1. The summed E-state index contributed by atoms with van der Waals surface area (Å²) in [6.45, 7) is 11.9. The monoisotopic (exact) mass is 403 g/mol. The predicted molar refractivity (Wildman–Crippen MR) is 93.3 cm³/mol. The first-order valence-electron chi connectivity index (χ1n) is 9.26. The Morgan fingerprint density at radius 3 is 2.07 bits per heavy atom. The summed E-state index contributed by atoms with van der Waals surface area (Å²) in [5.41, 5.74) is -0.782. The Kier molecular flexibility index (Phi) is 5.17. The van der Waals surface area contributed by atoms with Crippen molar-refractivity contribution in [1.29, 1.82) is 0 Å². The average molecular weight is 403 g/mol. The topological polar surface area (TPSA) is 122 Å². The van der Waals surface area contributed by atoms with Crippen LogP contribution < -0.4 is 5.32 Å². The molecular formula is C18H29NO9. The van der Waals surface area contributed by atoms with E-state index in [1.165, 1.54) is 0 Å². The number of nitrogens with one attached hydrogen (secondary N) is 1. The van der Waals surface area contributed by atoms with E-state index < -0.39 is 66.0 Å². The number of carbonyl (C=O) groups is 2. The van der Waals surface area contributed by atoms with Crippen LogP contribution in [-0.4, -0.2) is 71.1 Å². The molecule has 0 aromatic rings. The second-order valence-corrected chi connectivity index (χ2v) is 9.10. The summed E-state index contributed by atoms with van der Waals surface area (Å²) < 4.78 is 34.6. The number of carboxylic acid groups (broad SMARTS) is 1. The third-order valence-electron chi connectivity index (χ3n) is 4.46. The van der Waals surface area contributed by atoms with Gasteiger partial charge in [-0.15, -0.1) is 0 Å². The van der Waals surface area contributed by atoms with E-state index in [9.17, 15) is 14.7 Å². The summed E-state index contributed by atoms with van der Waals surface area (Å²) in [7, 11) is 0. The molecule has 3 saturated heterocycles. The van der Waals surface area contributed by atoms with Crippen molar-refractivity contribution in [2.24, 2.45) is 0 Å². The summed E-state index contributed by atoms with van der Waals surface area (Å²) >= 11 is 0. The van der Waals surface area contributed by atoms with Crippen LogP contribution in [0, 0.1) is 0 Å². The molecule has 10 nitrogen and oxygen atoms in total. The molecule has 3 aliphatic rings. The number of hydrogen-bond acceptors (Lipinski definition) is 8. The van der Waals surface area contributed by atoms with Crippen molar-refractivity contribution < 1.29 is 43.1 Å². The van der Waals surface area contributed by atoms with E-state index in [2.05, 4.69) is 5.32 Å². The van der Waals surface area contributed by atoms with Crippen LogP contribution in [0.15, 0.2) is 0 Å². The average Bonchev–Trinajstić information content (AvgIpc) is 2.96. The van der Waals surface area contributed by atoms with Gasteiger partial charge in [-0.2, -0.15) is 0 Å². The molecule has 0 aromatic carbocycles. The van der Waals surface area contributed by atoms with Crippen LogP contribution in [0.3, 0.4) is 0 Å². The molecule has 5 unspecified atom stereocenters. The zero-order valence-electron chi connectivity index (χ0n) is 17.2. The lowest BCUT2D eigenvalue weighted by molar-refractivity contribution is -0.240. The van der Waals surface area contributed by atoms with Crippen molar-refractivity contribution >= 4 is 12.1 Å². The minimum absolute atomic E-state index is 0.589. The Labute approximate surface area is 163 Å². The lowest BCUT2D eigenvalue weighted by Gasteiger charge is -2.39. The standard InChI is InChI=1S/C18H29NO9/c1-16(2,3)28-15(22)19-8(13(20)21)9-10-11(25-17(4,5)24-10)12-14(23-9)27-18(6,7)26-12/h8-12,14H,1-7H3,(H,19,22)(H,20,21)/t8-,9?,10?,11?,12?,14?/m1/s1. The molecular weight excluding hydrogens is 374 g/mol. The Morgan fingerprint density at radius 2 is 1.50 bits per heavy atom. The maximum Gasteiger partial charge on any atom is 0.408 e. The van der Waals surface area contributed by atoms with Gasteiger partial charge >= 0.3 is 12.1 Å².